The molecule has 1 amide bonds. The molecule has 1 heterocycles. The molecular weight excluding hydrogens is 224 g/mol. The number of piperidine rings is 1. The van der Waals surface area contributed by atoms with E-state index in [-0.39, 0.29) is 18.0 Å². The fourth-order valence-corrected chi connectivity index (χ4v) is 2.33. The van der Waals surface area contributed by atoms with E-state index in [1.54, 1.807) is 0 Å². The molecule has 0 spiro atoms. The predicted octanol–water partition coefficient (Wildman–Crippen LogP) is 2.31. The minimum Gasteiger partial charge on any atom is -0.348 e. The van der Waals surface area contributed by atoms with E-state index in [1.807, 2.05) is 6.92 Å². The molecule has 0 unspecified atom stereocenters. The van der Waals surface area contributed by atoms with Gasteiger partial charge in [0.05, 0.1) is 12.1 Å². The summed E-state index contributed by atoms with van der Waals surface area (Å²) in [5, 5.41) is 6.36. The van der Waals surface area contributed by atoms with E-state index in [0.717, 1.165) is 24.9 Å². The minimum atomic E-state index is -0.00773. The molecule has 2 rings (SSSR count). The second-order valence-corrected chi connectivity index (χ2v) is 5.14. The molecule has 0 aromatic heterocycles. The molecule has 3 nitrogen and oxygen atoms in total. The van der Waals surface area contributed by atoms with Crippen LogP contribution in [0.4, 0.5) is 0 Å². The number of rotatable bonds is 3. The number of aryl methyl sites for hydroxylation is 1. The molecule has 1 saturated heterocycles. The average molecular weight is 246 g/mol. The Labute approximate surface area is 109 Å². The van der Waals surface area contributed by atoms with Crippen LogP contribution in [-0.4, -0.2) is 18.5 Å². The third kappa shape index (κ3) is 3.33. The topological polar surface area (TPSA) is 41.1 Å². The van der Waals surface area contributed by atoms with Crippen molar-refractivity contribution >= 4 is 5.91 Å². The van der Waals surface area contributed by atoms with Gasteiger partial charge in [-0.1, -0.05) is 36.2 Å². The Morgan fingerprint density at radius 2 is 2.06 bits per heavy atom. The predicted molar refractivity (Wildman–Crippen MR) is 73.4 cm³/mol. The summed E-state index contributed by atoms with van der Waals surface area (Å²) < 4.78 is 0. The lowest BCUT2D eigenvalue weighted by Gasteiger charge is -2.24. The van der Waals surface area contributed by atoms with E-state index < -0.39 is 0 Å². The summed E-state index contributed by atoms with van der Waals surface area (Å²) >= 11 is 0. The van der Waals surface area contributed by atoms with Crippen molar-refractivity contribution in [3.63, 3.8) is 0 Å². The molecule has 18 heavy (non-hydrogen) atoms. The molecule has 2 N–H and O–H groups in total. The largest absolute Gasteiger partial charge is 0.348 e. The van der Waals surface area contributed by atoms with Crippen molar-refractivity contribution in [1.29, 1.82) is 0 Å². The third-order valence-corrected chi connectivity index (χ3v) is 3.56. The van der Waals surface area contributed by atoms with Crippen LogP contribution < -0.4 is 10.6 Å². The van der Waals surface area contributed by atoms with Gasteiger partial charge in [0.25, 0.3) is 0 Å². The molecule has 2 atom stereocenters. The summed E-state index contributed by atoms with van der Waals surface area (Å²) in [7, 11) is 0. The Morgan fingerprint density at radius 1 is 1.33 bits per heavy atom. The number of nitrogens with one attached hydrogen (secondary N) is 2. The van der Waals surface area contributed by atoms with Crippen molar-refractivity contribution in [2.75, 3.05) is 6.54 Å². The first-order chi connectivity index (χ1) is 8.66. The molecule has 1 aromatic rings. The molecule has 0 bridgehead atoms. The second kappa shape index (κ2) is 6.01. The van der Waals surface area contributed by atoms with E-state index in [9.17, 15) is 4.79 Å². The lowest BCUT2D eigenvalue weighted by molar-refractivity contribution is -0.124. The van der Waals surface area contributed by atoms with Crippen LogP contribution in [0, 0.1) is 6.92 Å². The van der Waals surface area contributed by atoms with Crippen LogP contribution in [0.25, 0.3) is 0 Å². The van der Waals surface area contributed by atoms with Crippen molar-refractivity contribution in [2.45, 2.75) is 45.2 Å². The van der Waals surface area contributed by atoms with Gasteiger partial charge in [-0.25, -0.2) is 0 Å². The smallest absolute Gasteiger partial charge is 0.237 e. The lowest BCUT2D eigenvalue weighted by atomic mass is 10.0. The highest BCUT2D eigenvalue weighted by Crippen LogP contribution is 2.14. The van der Waals surface area contributed by atoms with Gasteiger partial charge in [-0.05, 0) is 38.8 Å². The summed E-state index contributed by atoms with van der Waals surface area (Å²) in [5.74, 6) is 0.128. The van der Waals surface area contributed by atoms with E-state index in [4.69, 9.17) is 0 Å². The maximum Gasteiger partial charge on any atom is 0.237 e. The molecule has 0 saturated carbocycles. The van der Waals surface area contributed by atoms with Gasteiger partial charge in [-0.3, -0.25) is 4.79 Å². The monoisotopic (exact) mass is 246 g/mol. The Bertz CT molecular complexity index is 393. The van der Waals surface area contributed by atoms with Crippen LogP contribution in [-0.2, 0) is 4.79 Å². The zero-order valence-electron chi connectivity index (χ0n) is 11.2. The van der Waals surface area contributed by atoms with E-state index in [2.05, 4.69) is 41.8 Å². The summed E-state index contributed by atoms with van der Waals surface area (Å²) in [6.45, 7) is 5.06. The van der Waals surface area contributed by atoms with Gasteiger partial charge >= 0.3 is 0 Å². The number of carbonyl (C=O) groups is 1. The van der Waals surface area contributed by atoms with Crippen molar-refractivity contribution in [1.82, 2.24) is 10.6 Å². The first-order valence-corrected chi connectivity index (χ1v) is 6.77. The Morgan fingerprint density at radius 3 is 2.67 bits per heavy atom. The Balaban J connectivity index is 1.91. The van der Waals surface area contributed by atoms with Crippen molar-refractivity contribution in [3.05, 3.63) is 35.4 Å². The van der Waals surface area contributed by atoms with Gasteiger partial charge in [-0.2, -0.15) is 0 Å². The van der Waals surface area contributed by atoms with Crippen LogP contribution in [0.1, 0.15) is 43.4 Å². The zero-order chi connectivity index (χ0) is 13.0. The average Bonchev–Trinajstić information content (AvgIpc) is 2.40. The zero-order valence-corrected chi connectivity index (χ0v) is 11.2. The van der Waals surface area contributed by atoms with Crippen molar-refractivity contribution in [2.24, 2.45) is 0 Å². The van der Waals surface area contributed by atoms with Crippen molar-refractivity contribution < 1.29 is 4.79 Å². The van der Waals surface area contributed by atoms with Gasteiger partial charge in [-0.15, -0.1) is 0 Å². The highest BCUT2D eigenvalue weighted by molar-refractivity contribution is 5.82. The first kappa shape index (κ1) is 13.1. The number of hydrogen-bond donors (Lipinski definition) is 2. The van der Waals surface area contributed by atoms with E-state index >= 15 is 0 Å². The summed E-state index contributed by atoms with van der Waals surface area (Å²) in [6.07, 6.45) is 3.27. The van der Waals surface area contributed by atoms with Crippen LogP contribution >= 0.6 is 0 Å². The van der Waals surface area contributed by atoms with Crippen LogP contribution in [0.15, 0.2) is 24.3 Å². The Hall–Kier alpha value is -1.35. The van der Waals surface area contributed by atoms with Crippen LogP contribution in [0.5, 0.6) is 0 Å². The molecule has 0 radical (unpaired) electrons. The number of benzene rings is 1. The van der Waals surface area contributed by atoms with Gasteiger partial charge in [0.2, 0.25) is 5.91 Å². The van der Waals surface area contributed by atoms with Gasteiger partial charge in [0.15, 0.2) is 0 Å². The highest BCUT2D eigenvalue weighted by atomic mass is 16.2. The second-order valence-electron chi connectivity index (χ2n) is 5.14. The SMILES string of the molecule is Cc1ccc([C@H](C)NC(=O)[C@@H]2CCCCN2)cc1. The van der Waals surface area contributed by atoms with Gasteiger partial charge in [0.1, 0.15) is 0 Å². The summed E-state index contributed by atoms with van der Waals surface area (Å²) in [4.78, 5) is 12.1. The Kier molecular flexibility index (Phi) is 4.37. The minimum absolute atomic E-state index is 0.00773. The van der Waals surface area contributed by atoms with Crippen LogP contribution in [0.2, 0.25) is 0 Å². The van der Waals surface area contributed by atoms with Crippen LogP contribution in [0.3, 0.4) is 0 Å². The third-order valence-electron chi connectivity index (χ3n) is 3.56. The van der Waals surface area contributed by atoms with Gasteiger partial charge < -0.3 is 10.6 Å². The molecule has 1 aliphatic heterocycles. The fraction of sp³-hybridized carbons (Fsp3) is 0.533. The highest BCUT2D eigenvalue weighted by Gasteiger charge is 2.21. The quantitative estimate of drug-likeness (QED) is 0.859. The normalized spacial score (nSPS) is 21.3. The number of carbonyl (C=O) groups excluding carboxylic acids is 1. The standard InChI is InChI=1S/C15H22N2O/c1-11-6-8-13(9-7-11)12(2)17-15(18)14-5-3-4-10-16-14/h6-9,12,14,16H,3-5,10H2,1-2H3,(H,17,18)/t12-,14-/m0/s1. The van der Waals surface area contributed by atoms with Crippen molar-refractivity contribution in [3.8, 4) is 0 Å². The van der Waals surface area contributed by atoms with Gasteiger partial charge in [0, 0.05) is 0 Å². The molecule has 3 heteroatoms. The summed E-state index contributed by atoms with van der Waals surface area (Å²) in [6, 6.07) is 8.38. The molecule has 0 aliphatic carbocycles. The number of hydrogen-bond acceptors (Lipinski definition) is 2. The maximum absolute atomic E-state index is 12.1. The maximum atomic E-state index is 12.1. The summed E-state index contributed by atoms with van der Waals surface area (Å²) in [5.41, 5.74) is 2.40. The molecule has 98 valence electrons. The number of amides is 1. The van der Waals surface area contributed by atoms with E-state index in [0.29, 0.717) is 0 Å². The first-order valence-electron chi connectivity index (χ1n) is 6.77. The lowest BCUT2D eigenvalue weighted by Crippen LogP contribution is -2.47. The molecular formula is C15H22N2O. The van der Waals surface area contributed by atoms with E-state index in [1.165, 1.54) is 12.0 Å². The molecule has 1 aromatic carbocycles. The fourth-order valence-electron chi connectivity index (χ4n) is 2.33. The molecule has 1 fully saturated rings. The molecule has 1 aliphatic rings.